The molecule has 0 bridgehead atoms. The van der Waals surface area contributed by atoms with Gasteiger partial charge in [0.05, 0.1) is 6.61 Å². The van der Waals surface area contributed by atoms with E-state index in [1.165, 1.54) is 7.11 Å². The topological polar surface area (TPSA) is 95.9 Å². The van der Waals surface area contributed by atoms with Crippen molar-refractivity contribution in [2.75, 3.05) is 20.3 Å². The number of aliphatic carboxylic acids is 1. The number of aliphatic hydroxyl groups is 1. The van der Waals surface area contributed by atoms with Crippen LogP contribution in [-0.4, -0.2) is 48.5 Å². The van der Waals surface area contributed by atoms with Gasteiger partial charge in [0.2, 0.25) is 5.91 Å². The molecule has 0 aromatic rings. The average Bonchev–Trinajstić information content (AvgIpc) is 2.14. The summed E-state index contributed by atoms with van der Waals surface area (Å²) in [6, 6.07) is 0. The van der Waals surface area contributed by atoms with E-state index < -0.39 is 12.1 Å². The zero-order valence-corrected chi connectivity index (χ0v) is 8.02. The van der Waals surface area contributed by atoms with Gasteiger partial charge in [-0.1, -0.05) is 0 Å². The Labute approximate surface area is 81.9 Å². The van der Waals surface area contributed by atoms with Crippen molar-refractivity contribution in [3.05, 3.63) is 0 Å². The van der Waals surface area contributed by atoms with E-state index in [0.29, 0.717) is 6.61 Å². The molecule has 3 N–H and O–H groups in total. The summed E-state index contributed by atoms with van der Waals surface area (Å²) in [4.78, 5) is 21.1. The highest BCUT2D eigenvalue weighted by molar-refractivity contribution is 5.76. The van der Waals surface area contributed by atoms with Gasteiger partial charge in [-0.3, -0.25) is 4.79 Å². The van der Waals surface area contributed by atoms with Crippen LogP contribution in [0.2, 0.25) is 0 Å². The van der Waals surface area contributed by atoms with Crippen molar-refractivity contribution in [3.8, 4) is 0 Å². The van der Waals surface area contributed by atoms with Gasteiger partial charge in [-0.25, -0.2) is 4.79 Å². The van der Waals surface area contributed by atoms with Gasteiger partial charge in [-0.05, 0) is 0 Å². The molecule has 0 rings (SSSR count). The highest BCUT2D eigenvalue weighted by atomic mass is 16.5. The monoisotopic (exact) mass is 205 g/mol. The molecule has 0 saturated carbocycles. The van der Waals surface area contributed by atoms with Crippen LogP contribution in [0.5, 0.6) is 0 Å². The number of hydrogen-bond donors (Lipinski definition) is 3. The van der Waals surface area contributed by atoms with Crippen molar-refractivity contribution >= 4 is 11.9 Å². The molecule has 0 aliphatic rings. The van der Waals surface area contributed by atoms with E-state index in [9.17, 15) is 9.59 Å². The summed E-state index contributed by atoms with van der Waals surface area (Å²) in [5.74, 6) is -1.50. The van der Waals surface area contributed by atoms with E-state index in [2.05, 4.69) is 10.1 Å². The van der Waals surface area contributed by atoms with Crippen LogP contribution in [0.15, 0.2) is 0 Å². The van der Waals surface area contributed by atoms with Gasteiger partial charge >= 0.3 is 5.97 Å². The predicted octanol–water partition coefficient (Wildman–Crippen LogP) is -1.03. The Morgan fingerprint density at radius 3 is 2.64 bits per heavy atom. The molecule has 1 unspecified atom stereocenters. The smallest absolute Gasteiger partial charge is 0.332 e. The summed E-state index contributed by atoms with van der Waals surface area (Å²) in [5, 5.41) is 19.6. The first-order valence-electron chi connectivity index (χ1n) is 4.24. The fourth-order valence-corrected chi connectivity index (χ4v) is 0.755. The number of carbonyl (C=O) groups excluding carboxylic acids is 1. The van der Waals surface area contributed by atoms with Crippen LogP contribution in [0.1, 0.15) is 12.8 Å². The van der Waals surface area contributed by atoms with Crippen LogP contribution in [0.25, 0.3) is 0 Å². The number of methoxy groups -OCH3 is 1. The summed E-state index contributed by atoms with van der Waals surface area (Å²) in [7, 11) is 1.49. The zero-order valence-electron chi connectivity index (χ0n) is 8.02. The zero-order chi connectivity index (χ0) is 11.0. The summed E-state index contributed by atoms with van der Waals surface area (Å²) < 4.78 is 4.67. The normalized spacial score (nSPS) is 12.1. The third kappa shape index (κ3) is 6.38. The number of aliphatic hydroxyl groups excluding tert-OH is 1. The Morgan fingerprint density at radius 1 is 1.50 bits per heavy atom. The minimum Gasteiger partial charge on any atom is -0.479 e. The number of amides is 1. The lowest BCUT2D eigenvalue weighted by atomic mass is 10.2. The summed E-state index contributed by atoms with van der Waals surface area (Å²) in [5.41, 5.74) is 0. The third-order valence-electron chi connectivity index (χ3n) is 1.56. The van der Waals surface area contributed by atoms with Crippen LogP contribution < -0.4 is 5.32 Å². The van der Waals surface area contributed by atoms with Crippen molar-refractivity contribution in [2.24, 2.45) is 0 Å². The molecule has 82 valence electrons. The molecule has 0 radical (unpaired) electrons. The second-order valence-corrected chi connectivity index (χ2v) is 2.74. The number of carbonyl (C=O) groups is 2. The molecular weight excluding hydrogens is 190 g/mol. The lowest BCUT2D eigenvalue weighted by Gasteiger charge is -2.06. The Balaban J connectivity index is 3.44. The molecule has 0 saturated heterocycles. The van der Waals surface area contributed by atoms with Crippen LogP contribution >= 0.6 is 0 Å². The average molecular weight is 205 g/mol. The van der Waals surface area contributed by atoms with Gasteiger partial charge < -0.3 is 20.3 Å². The molecule has 6 nitrogen and oxygen atoms in total. The largest absolute Gasteiger partial charge is 0.479 e. The second-order valence-electron chi connectivity index (χ2n) is 2.74. The van der Waals surface area contributed by atoms with Crippen LogP contribution in [0.3, 0.4) is 0 Å². The van der Waals surface area contributed by atoms with Crippen LogP contribution in [0, 0.1) is 0 Å². The van der Waals surface area contributed by atoms with Crippen molar-refractivity contribution < 1.29 is 24.5 Å². The maximum absolute atomic E-state index is 10.9. The maximum atomic E-state index is 10.9. The Hall–Kier alpha value is -1.14. The lowest BCUT2D eigenvalue weighted by molar-refractivity contribution is -0.147. The minimum atomic E-state index is -1.42. The SMILES string of the molecule is COCCC(=O)NCCC(O)C(=O)O. The molecule has 6 heteroatoms. The molecule has 0 heterocycles. The number of rotatable bonds is 7. The maximum Gasteiger partial charge on any atom is 0.332 e. The number of carboxylic acids is 1. The quantitative estimate of drug-likeness (QED) is 0.494. The van der Waals surface area contributed by atoms with Crippen LogP contribution in [-0.2, 0) is 14.3 Å². The molecule has 0 aliphatic heterocycles. The van der Waals surface area contributed by atoms with Gasteiger partial charge in [0, 0.05) is 26.5 Å². The van der Waals surface area contributed by atoms with Crippen LogP contribution in [0.4, 0.5) is 0 Å². The van der Waals surface area contributed by atoms with Crippen molar-refractivity contribution in [1.82, 2.24) is 5.32 Å². The minimum absolute atomic E-state index is 0.00799. The van der Waals surface area contributed by atoms with E-state index in [1.54, 1.807) is 0 Å². The van der Waals surface area contributed by atoms with Gasteiger partial charge in [0.15, 0.2) is 6.10 Å². The summed E-state index contributed by atoms with van der Waals surface area (Å²) >= 11 is 0. The van der Waals surface area contributed by atoms with E-state index in [0.717, 1.165) is 0 Å². The van der Waals surface area contributed by atoms with Crippen molar-refractivity contribution in [2.45, 2.75) is 18.9 Å². The van der Waals surface area contributed by atoms with E-state index in [4.69, 9.17) is 10.2 Å². The molecule has 0 aromatic carbocycles. The number of hydrogen-bond acceptors (Lipinski definition) is 4. The third-order valence-corrected chi connectivity index (χ3v) is 1.56. The second kappa shape index (κ2) is 7.28. The molecule has 0 fully saturated rings. The van der Waals surface area contributed by atoms with Gasteiger partial charge in [0.25, 0.3) is 0 Å². The summed E-state index contributed by atoms with van der Waals surface area (Å²) in [6.07, 6.45) is -1.18. The van der Waals surface area contributed by atoms with E-state index >= 15 is 0 Å². The van der Waals surface area contributed by atoms with Crippen molar-refractivity contribution in [3.63, 3.8) is 0 Å². The standard InChI is InChI=1S/C8H15NO5/c1-14-5-3-7(11)9-4-2-6(10)8(12)13/h6,10H,2-5H2,1H3,(H,9,11)(H,12,13). The molecule has 0 aliphatic carbocycles. The predicted molar refractivity (Wildman–Crippen MR) is 47.8 cm³/mol. The Bertz CT molecular complexity index is 194. The molecule has 0 aromatic heterocycles. The first kappa shape index (κ1) is 12.9. The number of carboxylic acid groups (broad SMARTS) is 1. The molecule has 1 atom stereocenters. The highest BCUT2D eigenvalue weighted by Gasteiger charge is 2.12. The van der Waals surface area contributed by atoms with Gasteiger partial charge in [-0.2, -0.15) is 0 Å². The molecular formula is C8H15NO5. The van der Waals surface area contributed by atoms with Gasteiger partial charge in [0.1, 0.15) is 0 Å². The summed E-state index contributed by atoms with van der Waals surface area (Å²) in [6.45, 7) is 0.476. The van der Waals surface area contributed by atoms with Gasteiger partial charge in [-0.15, -0.1) is 0 Å². The molecule has 0 spiro atoms. The van der Waals surface area contributed by atoms with Crippen molar-refractivity contribution in [1.29, 1.82) is 0 Å². The first-order chi connectivity index (χ1) is 6.57. The fourth-order valence-electron chi connectivity index (χ4n) is 0.755. The molecule has 1 amide bonds. The fraction of sp³-hybridized carbons (Fsp3) is 0.750. The molecule has 14 heavy (non-hydrogen) atoms. The van der Waals surface area contributed by atoms with E-state index in [-0.39, 0.29) is 25.3 Å². The van der Waals surface area contributed by atoms with E-state index in [1.807, 2.05) is 0 Å². The first-order valence-corrected chi connectivity index (χ1v) is 4.24. The lowest BCUT2D eigenvalue weighted by Crippen LogP contribution is -2.30. The number of nitrogens with one attached hydrogen (secondary N) is 1. The Kier molecular flexibility index (Phi) is 6.69. The highest BCUT2D eigenvalue weighted by Crippen LogP contribution is 1.90. The number of ether oxygens (including phenoxy) is 1. The Morgan fingerprint density at radius 2 is 2.14 bits per heavy atom.